The topological polar surface area (TPSA) is 117 Å². The van der Waals surface area contributed by atoms with Gasteiger partial charge in [-0.25, -0.2) is 14.4 Å². The second kappa shape index (κ2) is 19.2. The summed E-state index contributed by atoms with van der Waals surface area (Å²) in [5.74, 6) is -0.838. The number of nitrogens with one attached hydrogen (secondary N) is 1. The first-order valence-electron chi connectivity index (χ1n) is 13.1. The molecule has 0 radical (unpaired) electrons. The van der Waals surface area contributed by atoms with Gasteiger partial charge in [0.05, 0.1) is 24.3 Å². The molecule has 0 saturated carbocycles. The molecule has 0 bridgehead atoms. The van der Waals surface area contributed by atoms with Crippen LogP contribution in [0.5, 0.6) is 5.75 Å². The molecule has 0 atom stereocenters. The van der Waals surface area contributed by atoms with Gasteiger partial charge in [0.2, 0.25) is 5.91 Å². The summed E-state index contributed by atoms with van der Waals surface area (Å²) >= 11 is 0. The Hall–Kier alpha value is -4.92. The van der Waals surface area contributed by atoms with Crippen LogP contribution in [0.3, 0.4) is 0 Å². The molecule has 9 heteroatoms. The standard InChI is InChI=1S/C30H31NO8.C2H6/c1-5-26(16-9-21(3)38-29(34)23-10-14-25(15-11-23)31-22(4)32)39-30(35)24-12-17-27(18-13-24)36-19-7-8-20-37-28(33)6-2;1-2/h5-6,9-18H,1-2,7-8,19-20H2,3-4H3,(H,31,32);1-2H3/b21-9+,26-16+;. The Morgan fingerprint density at radius 3 is 1.88 bits per heavy atom. The van der Waals surface area contributed by atoms with Crippen molar-refractivity contribution in [2.24, 2.45) is 0 Å². The number of rotatable bonds is 14. The number of ether oxygens (including phenoxy) is 4. The average molecular weight is 564 g/mol. The van der Waals surface area contributed by atoms with Gasteiger partial charge < -0.3 is 24.3 Å². The highest BCUT2D eigenvalue weighted by atomic mass is 16.5. The van der Waals surface area contributed by atoms with Gasteiger partial charge in [0, 0.05) is 18.7 Å². The minimum atomic E-state index is -0.598. The molecule has 0 aliphatic rings. The van der Waals surface area contributed by atoms with Crippen molar-refractivity contribution in [1.29, 1.82) is 0 Å². The van der Waals surface area contributed by atoms with Crippen LogP contribution in [0.1, 0.15) is 61.3 Å². The van der Waals surface area contributed by atoms with Crippen molar-refractivity contribution in [3.8, 4) is 5.75 Å². The van der Waals surface area contributed by atoms with Crippen molar-refractivity contribution in [2.75, 3.05) is 18.5 Å². The lowest BCUT2D eigenvalue weighted by Gasteiger charge is -2.08. The molecule has 0 aliphatic heterocycles. The lowest BCUT2D eigenvalue weighted by Crippen LogP contribution is -2.07. The van der Waals surface area contributed by atoms with Crippen LogP contribution < -0.4 is 10.1 Å². The molecule has 9 nitrogen and oxygen atoms in total. The third-order valence-corrected chi connectivity index (χ3v) is 4.90. The van der Waals surface area contributed by atoms with Gasteiger partial charge in [0.1, 0.15) is 17.3 Å². The number of esters is 3. The average Bonchev–Trinajstić information content (AvgIpc) is 2.98. The van der Waals surface area contributed by atoms with Crippen molar-refractivity contribution in [2.45, 2.75) is 40.5 Å². The van der Waals surface area contributed by atoms with Gasteiger partial charge in [-0.1, -0.05) is 27.0 Å². The van der Waals surface area contributed by atoms with Crippen LogP contribution in [0.4, 0.5) is 5.69 Å². The third-order valence-electron chi connectivity index (χ3n) is 4.90. The molecule has 0 unspecified atom stereocenters. The molecule has 0 spiro atoms. The maximum Gasteiger partial charge on any atom is 0.343 e. The van der Waals surface area contributed by atoms with E-state index < -0.39 is 17.9 Å². The first-order chi connectivity index (χ1) is 19.7. The Kier molecular flexibility index (Phi) is 16.0. The van der Waals surface area contributed by atoms with Gasteiger partial charge >= 0.3 is 17.9 Å². The van der Waals surface area contributed by atoms with Gasteiger partial charge in [-0.15, -0.1) is 0 Å². The van der Waals surface area contributed by atoms with Crippen LogP contribution in [0.2, 0.25) is 0 Å². The summed E-state index contributed by atoms with van der Waals surface area (Å²) in [6, 6.07) is 12.7. The Bertz CT molecular complexity index is 1240. The normalized spacial score (nSPS) is 10.7. The first kappa shape index (κ1) is 34.1. The van der Waals surface area contributed by atoms with E-state index in [0.717, 1.165) is 6.08 Å². The smallest absolute Gasteiger partial charge is 0.343 e. The van der Waals surface area contributed by atoms with Gasteiger partial charge in [0.25, 0.3) is 0 Å². The van der Waals surface area contributed by atoms with E-state index in [1.54, 1.807) is 43.3 Å². The van der Waals surface area contributed by atoms with E-state index >= 15 is 0 Å². The molecular weight excluding hydrogens is 526 g/mol. The van der Waals surface area contributed by atoms with Crippen LogP contribution in [0, 0.1) is 0 Å². The summed E-state index contributed by atoms with van der Waals surface area (Å²) in [5.41, 5.74) is 1.17. The molecule has 0 aliphatic carbocycles. The quantitative estimate of drug-likeness (QED) is 0.0687. The first-order valence-corrected chi connectivity index (χ1v) is 13.1. The van der Waals surface area contributed by atoms with E-state index in [1.165, 1.54) is 37.3 Å². The molecule has 2 rings (SSSR count). The van der Waals surface area contributed by atoms with Gasteiger partial charge in [-0.2, -0.15) is 0 Å². The monoisotopic (exact) mass is 563 g/mol. The number of unbranched alkanes of at least 4 members (excludes halogenated alkanes) is 1. The zero-order valence-electron chi connectivity index (χ0n) is 23.9. The van der Waals surface area contributed by atoms with E-state index in [1.807, 2.05) is 13.8 Å². The minimum absolute atomic E-state index is 0.160. The van der Waals surface area contributed by atoms with Gasteiger partial charge in [0.15, 0.2) is 0 Å². The summed E-state index contributed by atoms with van der Waals surface area (Å²) < 4.78 is 21.2. The number of amides is 1. The zero-order chi connectivity index (χ0) is 30.6. The lowest BCUT2D eigenvalue weighted by molar-refractivity contribution is -0.137. The number of benzene rings is 2. The van der Waals surface area contributed by atoms with E-state index in [0.29, 0.717) is 48.6 Å². The maximum atomic E-state index is 12.5. The molecular formula is C32H37NO8. The van der Waals surface area contributed by atoms with E-state index in [-0.39, 0.29) is 17.4 Å². The van der Waals surface area contributed by atoms with Crippen LogP contribution in [-0.4, -0.2) is 37.0 Å². The predicted octanol–water partition coefficient (Wildman–Crippen LogP) is 6.55. The summed E-state index contributed by atoms with van der Waals surface area (Å²) in [7, 11) is 0. The number of hydrogen-bond donors (Lipinski definition) is 1. The number of carbonyl (C=O) groups excluding carboxylic acids is 4. The van der Waals surface area contributed by atoms with Crippen molar-refractivity contribution >= 4 is 29.5 Å². The van der Waals surface area contributed by atoms with Crippen LogP contribution in [0.15, 0.2) is 97.5 Å². The van der Waals surface area contributed by atoms with Crippen LogP contribution in [-0.2, 0) is 23.8 Å². The molecule has 2 aromatic carbocycles. The van der Waals surface area contributed by atoms with Crippen molar-refractivity contribution in [1.82, 2.24) is 0 Å². The van der Waals surface area contributed by atoms with Crippen LogP contribution >= 0.6 is 0 Å². The SMILES string of the molecule is C=CC(=O)OCCCCOc1ccc(C(=O)O/C(C=C)=C/C=C(\C)OC(=O)c2ccc(NC(C)=O)cc2)cc1.CC. The second-order valence-corrected chi connectivity index (χ2v) is 8.04. The minimum Gasteiger partial charge on any atom is -0.494 e. The molecule has 0 saturated heterocycles. The Labute approximate surface area is 241 Å². The number of anilines is 1. The summed E-state index contributed by atoms with van der Waals surface area (Å²) in [5, 5.41) is 2.62. The molecule has 1 N–H and O–H groups in total. The summed E-state index contributed by atoms with van der Waals surface area (Å²) in [6.45, 7) is 14.7. The predicted molar refractivity (Wildman–Crippen MR) is 157 cm³/mol. The maximum absolute atomic E-state index is 12.5. The fourth-order valence-electron chi connectivity index (χ4n) is 2.95. The highest BCUT2D eigenvalue weighted by Gasteiger charge is 2.10. The van der Waals surface area contributed by atoms with Crippen molar-refractivity contribution < 1.29 is 38.1 Å². The Morgan fingerprint density at radius 1 is 0.756 bits per heavy atom. The molecule has 0 heterocycles. The van der Waals surface area contributed by atoms with E-state index in [9.17, 15) is 19.2 Å². The number of hydrogen-bond acceptors (Lipinski definition) is 8. The highest BCUT2D eigenvalue weighted by molar-refractivity contribution is 5.92. The van der Waals surface area contributed by atoms with Gasteiger partial charge in [-0.05, 0) is 86.5 Å². The van der Waals surface area contributed by atoms with Gasteiger partial charge in [-0.3, -0.25) is 4.79 Å². The molecule has 1 amide bonds. The van der Waals surface area contributed by atoms with E-state index in [2.05, 4.69) is 18.5 Å². The van der Waals surface area contributed by atoms with E-state index in [4.69, 9.17) is 18.9 Å². The fourth-order valence-corrected chi connectivity index (χ4v) is 2.95. The molecule has 0 aromatic heterocycles. The molecule has 218 valence electrons. The Morgan fingerprint density at radius 2 is 1.32 bits per heavy atom. The lowest BCUT2D eigenvalue weighted by atomic mass is 10.2. The second-order valence-electron chi connectivity index (χ2n) is 8.04. The van der Waals surface area contributed by atoms with Crippen LogP contribution in [0.25, 0.3) is 0 Å². The zero-order valence-corrected chi connectivity index (χ0v) is 23.9. The summed E-state index contributed by atoms with van der Waals surface area (Å²) in [4.78, 5) is 46.9. The highest BCUT2D eigenvalue weighted by Crippen LogP contribution is 2.16. The number of allylic oxidation sites excluding steroid dienone is 4. The van der Waals surface area contributed by atoms with Crippen molar-refractivity contribution in [3.63, 3.8) is 0 Å². The largest absolute Gasteiger partial charge is 0.494 e. The molecule has 0 fully saturated rings. The fraction of sp³-hybridized carbons (Fsp3) is 0.250. The number of carbonyl (C=O) groups is 4. The third kappa shape index (κ3) is 13.6. The molecule has 41 heavy (non-hydrogen) atoms. The molecule has 2 aromatic rings. The Balaban J connectivity index is 0.00000411. The summed E-state index contributed by atoms with van der Waals surface area (Å²) in [6.07, 6.45) is 6.75. The van der Waals surface area contributed by atoms with Crippen molar-refractivity contribution in [3.05, 3.63) is 109 Å².